The topological polar surface area (TPSA) is 70.6 Å². The number of nitrogens with one attached hydrogen (secondary N) is 1. The molecule has 3 rings (SSSR count). The van der Waals surface area contributed by atoms with Crippen LogP contribution in [0.5, 0.6) is 5.75 Å². The van der Waals surface area contributed by atoms with Crippen LogP contribution in [0.15, 0.2) is 36.7 Å². The van der Waals surface area contributed by atoms with E-state index >= 15 is 0 Å². The van der Waals surface area contributed by atoms with Gasteiger partial charge in [0.05, 0.1) is 25.2 Å². The quantitative estimate of drug-likeness (QED) is 0.917. The number of carbonyl (C=O) groups is 1. The molecule has 0 unspecified atom stereocenters. The molecule has 1 aliphatic heterocycles. The van der Waals surface area contributed by atoms with E-state index in [2.05, 4.69) is 32.1 Å². The third kappa shape index (κ3) is 3.80. The molecule has 0 atom stereocenters. The van der Waals surface area contributed by atoms with Gasteiger partial charge in [0.25, 0.3) is 5.91 Å². The van der Waals surface area contributed by atoms with Crippen LogP contribution < -0.4 is 15.0 Å². The predicted octanol–water partition coefficient (Wildman–Crippen LogP) is 1.49. The second-order valence-corrected chi connectivity index (χ2v) is 5.75. The van der Waals surface area contributed by atoms with Gasteiger partial charge < -0.3 is 19.9 Å². The van der Waals surface area contributed by atoms with Crippen molar-refractivity contribution in [2.24, 2.45) is 0 Å². The van der Waals surface area contributed by atoms with E-state index in [9.17, 15) is 4.79 Å². The van der Waals surface area contributed by atoms with Gasteiger partial charge in [0, 0.05) is 31.7 Å². The maximum absolute atomic E-state index is 12.3. The highest BCUT2D eigenvalue weighted by atomic mass is 16.5. The van der Waals surface area contributed by atoms with Crippen LogP contribution in [-0.4, -0.2) is 61.1 Å². The molecule has 0 aliphatic carbocycles. The number of rotatable bonds is 4. The van der Waals surface area contributed by atoms with E-state index < -0.39 is 0 Å². The average Bonchev–Trinajstić information content (AvgIpc) is 2.63. The number of amides is 1. The number of aromatic nitrogens is 2. The normalized spacial score (nSPS) is 15.2. The molecule has 0 spiro atoms. The van der Waals surface area contributed by atoms with Gasteiger partial charge in [-0.3, -0.25) is 4.79 Å². The van der Waals surface area contributed by atoms with Crippen molar-refractivity contribution in [3.05, 3.63) is 42.2 Å². The lowest BCUT2D eigenvalue weighted by molar-refractivity contribution is 0.102. The first kappa shape index (κ1) is 16.2. The summed E-state index contributed by atoms with van der Waals surface area (Å²) in [4.78, 5) is 25.4. The fourth-order valence-electron chi connectivity index (χ4n) is 2.52. The minimum Gasteiger partial charge on any atom is -0.497 e. The number of methoxy groups -OCH3 is 1. The van der Waals surface area contributed by atoms with Crippen LogP contribution in [-0.2, 0) is 0 Å². The van der Waals surface area contributed by atoms with Crippen molar-refractivity contribution in [2.45, 2.75) is 0 Å². The Morgan fingerprint density at radius 3 is 2.54 bits per heavy atom. The van der Waals surface area contributed by atoms with Gasteiger partial charge in [0.2, 0.25) is 5.95 Å². The molecule has 2 aromatic rings. The summed E-state index contributed by atoms with van der Waals surface area (Å²) in [5.41, 5.74) is 1.10. The Balaban J connectivity index is 1.64. The maximum atomic E-state index is 12.3. The van der Waals surface area contributed by atoms with Crippen LogP contribution in [0.3, 0.4) is 0 Å². The van der Waals surface area contributed by atoms with Crippen molar-refractivity contribution in [1.29, 1.82) is 0 Å². The summed E-state index contributed by atoms with van der Waals surface area (Å²) in [5, 5.41) is 2.80. The number of hydrogen-bond donors (Lipinski definition) is 1. The van der Waals surface area contributed by atoms with Gasteiger partial charge in [-0.2, -0.15) is 0 Å². The molecule has 0 bridgehead atoms. The number of anilines is 2. The standard InChI is InChI=1S/C17H21N5O2/c1-21-6-8-22(9-7-21)17-18-11-14(12-19-17)20-16(23)13-4-3-5-15(10-13)24-2/h3-5,10-12H,6-9H2,1-2H3,(H,20,23). The van der Waals surface area contributed by atoms with Crippen molar-refractivity contribution in [1.82, 2.24) is 14.9 Å². The molecule has 1 aromatic heterocycles. The van der Waals surface area contributed by atoms with Crippen LogP contribution in [0.4, 0.5) is 11.6 Å². The van der Waals surface area contributed by atoms with Crippen molar-refractivity contribution in [2.75, 3.05) is 50.6 Å². The summed E-state index contributed by atoms with van der Waals surface area (Å²) >= 11 is 0. The largest absolute Gasteiger partial charge is 0.497 e. The van der Waals surface area contributed by atoms with Gasteiger partial charge in [-0.25, -0.2) is 9.97 Å². The molecule has 1 aliphatic rings. The smallest absolute Gasteiger partial charge is 0.255 e. The average molecular weight is 327 g/mol. The highest BCUT2D eigenvalue weighted by molar-refractivity contribution is 6.04. The monoisotopic (exact) mass is 327 g/mol. The molecule has 1 aromatic carbocycles. The highest BCUT2D eigenvalue weighted by Gasteiger charge is 2.16. The van der Waals surface area contributed by atoms with E-state index in [1.807, 2.05) is 0 Å². The molecule has 1 amide bonds. The molecule has 24 heavy (non-hydrogen) atoms. The Bertz CT molecular complexity index is 696. The van der Waals surface area contributed by atoms with E-state index in [0.717, 1.165) is 26.2 Å². The molecule has 1 saturated heterocycles. The fraction of sp³-hybridized carbons (Fsp3) is 0.353. The summed E-state index contributed by atoms with van der Waals surface area (Å²) < 4.78 is 5.13. The number of ether oxygens (including phenoxy) is 1. The predicted molar refractivity (Wildman–Crippen MR) is 92.7 cm³/mol. The van der Waals surface area contributed by atoms with Gasteiger partial charge in [-0.1, -0.05) is 6.07 Å². The zero-order valence-electron chi connectivity index (χ0n) is 13.9. The number of benzene rings is 1. The Morgan fingerprint density at radius 2 is 1.88 bits per heavy atom. The first-order valence-electron chi connectivity index (χ1n) is 7.86. The van der Waals surface area contributed by atoms with Gasteiger partial charge >= 0.3 is 0 Å². The Morgan fingerprint density at radius 1 is 1.17 bits per heavy atom. The SMILES string of the molecule is COc1cccc(C(=O)Nc2cnc(N3CCN(C)CC3)nc2)c1. The second-order valence-electron chi connectivity index (χ2n) is 5.75. The van der Waals surface area contributed by atoms with Crippen molar-refractivity contribution < 1.29 is 9.53 Å². The lowest BCUT2D eigenvalue weighted by atomic mass is 10.2. The van der Waals surface area contributed by atoms with Crippen LogP contribution in [0.25, 0.3) is 0 Å². The van der Waals surface area contributed by atoms with Gasteiger partial charge in [-0.15, -0.1) is 0 Å². The van der Waals surface area contributed by atoms with E-state index in [-0.39, 0.29) is 5.91 Å². The molecular weight excluding hydrogens is 306 g/mol. The minimum absolute atomic E-state index is 0.218. The number of hydrogen-bond acceptors (Lipinski definition) is 6. The Labute approximate surface area is 141 Å². The van der Waals surface area contributed by atoms with Crippen LogP contribution in [0, 0.1) is 0 Å². The number of likely N-dealkylation sites (N-methyl/N-ethyl adjacent to an activating group) is 1. The molecule has 1 fully saturated rings. The van der Waals surface area contributed by atoms with Gasteiger partial charge in [-0.05, 0) is 25.2 Å². The van der Waals surface area contributed by atoms with Crippen molar-refractivity contribution >= 4 is 17.5 Å². The van der Waals surface area contributed by atoms with Crippen LogP contribution >= 0.6 is 0 Å². The summed E-state index contributed by atoms with van der Waals surface area (Å²) in [7, 11) is 3.68. The van der Waals surface area contributed by atoms with E-state index in [4.69, 9.17) is 4.74 Å². The lowest BCUT2D eigenvalue weighted by Gasteiger charge is -2.32. The van der Waals surface area contributed by atoms with Crippen LogP contribution in [0.1, 0.15) is 10.4 Å². The zero-order valence-corrected chi connectivity index (χ0v) is 13.9. The molecule has 2 heterocycles. The highest BCUT2D eigenvalue weighted by Crippen LogP contribution is 2.16. The Hall–Kier alpha value is -2.67. The second kappa shape index (κ2) is 7.27. The zero-order chi connectivity index (χ0) is 16.9. The summed E-state index contributed by atoms with van der Waals surface area (Å²) in [6.45, 7) is 3.81. The van der Waals surface area contributed by atoms with Crippen molar-refractivity contribution in [3.8, 4) is 5.75 Å². The first-order valence-corrected chi connectivity index (χ1v) is 7.86. The number of nitrogens with zero attached hydrogens (tertiary/aromatic N) is 4. The van der Waals surface area contributed by atoms with Gasteiger partial charge in [0.1, 0.15) is 5.75 Å². The molecule has 1 N–H and O–H groups in total. The van der Waals surface area contributed by atoms with Gasteiger partial charge in [0.15, 0.2) is 0 Å². The summed E-state index contributed by atoms with van der Waals surface area (Å²) in [5.74, 6) is 1.12. The summed E-state index contributed by atoms with van der Waals surface area (Å²) in [6, 6.07) is 7.00. The molecular formula is C17H21N5O2. The fourth-order valence-corrected chi connectivity index (χ4v) is 2.52. The molecule has 126 valence electrons. The lowest BCUT2D eigenvalue weighted by Crippen LogP contribution is -2.45. The first-order chi connectivity index (χ1) is 11.7. The third-order valence-electron chi connectivity index (χ3n) is 4.01. The van der Waals surface area contributed by atoms with E-state index in [1.54, 1.807) is 43.8 Å². The maximum Gasteiger partial charge on any atom is 0.255 e. The number of piperazine rings is 1. The van der Waals surface area contributed by atoms with E-state index in [1.165, 1.54) is 0 Å². The third-order valence-corrected chi connectivity index (χ3v) is 4.01. The summed E-state index contributed by atoms with van der Waals surface area (Å²) in [6.07, 6.45) is 3.28. The minimum atomic E-state index is -0.218. The molecule has 0 radical (unpaired) electrons. The van der Waals surface area contributed by atoms with Crippen molar-refractivity contribution in [3.63, 3.8) is 0 Å². The Kier molecular flexibility index (Phi) is 4.90. The van der Waals surface area contributed by atoms with Crippen LogP contribution in [0.2, 0.25) is 0 Å². The van der Waals surface area contributed by atoms with E-state index in [0.29, 0.717) is 22.9 Å². The molecule has 0 saturated carbocycles. The number of carbonyl (C=O) groups excluding carboxylic acids is 1. The molecule has 7 nitrogen and oxygen atoms in total. The molecule has 7 heteroatoms.